The first-order valence-electron chi connectivity index (χ1n) is 4.98. The van der Waals surface area contributed by atoms with Crippen molar-refractivity contribution < 1.29 is 0 Å². The molecule has 0 aliphatic carbocycles. The van der Waals surface area contributed by atoms with E-state index in [4.69, 9.17) is 0 Å². The van der Waals surface area contributed by atoms with Gasteiger partial charge < -0.3 is 5.32 Å². The van der Waals surface area contributed by atoms with E-state index < -0.39 is 0 Å². The summed E-state index contributed by atoms with van der Waals surface area (Å²) in [4.78, 5) is 5.58. The number of thioether (sulfide) groups is 1. The van der Waals surface area contributed by atoms with Crippen LogP contribution in [0, 0.1) is 6.92 Å². The molecule has 78 valence electrons. The molecule has 4 heteroatoms. The minimum absolute atomic E-state index is 0.430. The number of aromatic nitrogens is 1. The highest BCUT2D eigenvalue weighted by molar-refractivity contribution is 8.00. The van der Waals surface area contributed by atoms with Crippen LogP contribution in [-0.2, 0) is 0 Å². The third-order valence-corrected chi connectivity index (χ3v) is 4.94. The van der Waals surface area contributed by atoms with E-state index in [1.807, 2.05) is 6.20 Å². The Morgan fingerprint density at radius 2 is 2.50 bits per heavy atom. The van der Waals surface area contributed by atoms with Crippen molar-refractivity contribution in [1.82, 2.24) is 4.98 Å². The summed E-state index contributed by atoms with van der Waals surface area (Å²) >= 11 is 3.82. The number of thiazole rings is 1. The molecule has 1 aliphatic rings. The van der Waals surface area contributed by atoms with Gasteiger partial charge in [-0.1, -0.05) is 0 Å². The molecule has 0 spiro atoms. The highest BCUT2D eigenvalue weighted by atomic mass is 32.2. The molecule has 1 fully saturated rings. The van der Waals surface area contributed by atoms with Gasteiger partial charge in [0, 0.05) is 22.4 Å². The lowest BCUT2D eigenvalue weighted by Crippen LogP contribution is -2.26. The number of nitrogens with one attached hydrogen (secondary N) is 1. The molecule has 0 radical (unpaired) electrons. The zero-order valence-electron chi connectivity index (χ0n) is 8.67. The summed E-state index contributed by atoms with van der Waals surface area (Å²) in [5.74, 6) is 1.31. The predicted molar refractivity (Wildman–Crippen MR) is 65.4 cm³/mol. The van der Waals surface area contributed by atoms with Gasteiger partial charge in [-0.05, 0) is 32.4 Å². The second-order valence-electron chi connectivity index (χ2n) is 4.03. The maximum atomic E-state index is 4.31. The van der Waals surface area contributed by atoms with Gasteiger partial charge in [0.05, 0.1) is 0 Å². The van der Waals surface area contributed by atoms with E-state index in [0.29, 0.717) is 4.75 Å². The van der Waals surface area contributed by atoms with Crippen molar-refractivity contribution >= 4 is 28.2 Å². The summed E-state index contributed by atoms with van der Waals surface area (Å²) in [6, 6.07) is 0. The molecule has 1 N–H and O–H groups in total. The SMILES string of the molecule is Cc1cnc(NCC2(C)CCCS2)s1. The standard InChI is InChI=1S/C10H16N2S2/c1-8-6-11-9(14-8)12-7-10(2)4-3-5-13-10/h6H,3-5,7H2,1-2H3,(H,11,12). The summed E-state index contributed by atoms with van der Waals surface area (Å²) in [6.07, 6.45) is 4.62. The molecule has 2 rings (SSSR count). The molecule has 2 heterocycles. The average Bonchev–Trinajstić information content (AvgIpc) is 2.73. The molecule has 1 unspecified atom stereocenters. The lowest BCUT2D eigenvalue weighted by Gasteiger charge is -2.22. The summed E-state index contributed by atoms with van der Waals surface area (Å²) in [5.41, 5.74) is 0. The molecule has 2 nitrogen and oxygen atoms in total. The third-order valence-electron chi connectivity index (χ3n) is 2.54. The monoisotopic (exact) mass is 228 g/mol. The van der Waals surface area contributed by atoms with Crippen LogP contribution in [0.3, 0.4) is 0 Å². The van der Waals surface area contributed by atoms with Crippen LogP contribution in [0.2, 0.25) is 0 Å². The molecular formula is C10H16N2S2. The molecule has 1 saturated heterocycles. The Morgan fingerprint density at radius 1 is 1.64 bits per heavy atom. The largest absolute Gasteiger partial charge is 0.360 e. The van der Waals surface area contributed by atoms with Crippen LogP contribution in [0.15, 0.2) is 6.20 Å². The number of rotatable bonds is 3. The molecule has 1 aromatic rings. The zero-order chi connectivity index (χ0) is 10.0. The molecule has 1 aromatic heterocycles. The van der Waals surface area contributed by atoms with Crippen molar-refractivity contribution in [2.75, 3.05) is 17.6 Å². The Kier molecular flexibility index (Phi) is 3.02. The minimum atomic E-state index is 0.430. The molecule has 0 aromatic carbocycles. The Morgan fingerprint density at radius 3 is 3.07 bits per heavy atom. The van der Waals surface area contributed by atoms with E-state index in [9.17, 15) is 0 Å². The van der Waals surface area contributed by atoms with Gasteiger partial charge in [-0.2, -0.15) is 11.8 Å². The van der Waals surface area contributed by atoms with Crippen molar-refractivity contribution in [2.45, 2.75) is 31.4 Å². The number of hydrogen-bond acceptors (Lipinski definition) is 4. The number of aryl methyl sites for hydroxylation is 1. The maximum absolute atomic E-state index is 4.31. The topological polar surface area (TPSA) is 24.9 Å². The van der Waals surface area contributed by atoms with Gasteiger partial charge in [-0.3, -0.25) is 0 Å². The summed E-state index contributed by atoms with van der Waals surface area (Å²) in [5, 5.41) is 4.50. The van der Waals surface area contributed by atoms with E-state index >= 15 is 0 Å². The second-order valence-corrected chi connectivity index (χ2v) is 6.95. The molecule has 1 aliphatic heterocycles. The fourth-order valence-corrected chi connectivity index (χ4v) is 3.58. The number of nitrogens with zero attached hydrogens (tertiary/aromatic N) is 1. The fourth-order valence-electron chi connectivity index (χ4n) is 1.68. The van der Waals surface area contributed by atoms with Crippen molar-refractivity contribution in [3.05, 3.63) is 11.1 Å². The highest BCUT2D eigenvalue weighted by Crippen LogP contribution is 2.37. The van der Waals surface area contributed by atoms with Crippen LogP contribution < -0.4 is 5.32 Å². The summed E-state index contributed by atoms with van der Waals surface area (Å²) < 4.78 is 0.430. The Labute approximate surface area is 93.5 Å². The van der Waals surface area contributed by atoms with E-state index in [1.165, 1.54) is 23.5 Å². The van der Waals surface area contributed by atoms with Crippen molar-refractivity contribution in [2.24, 2.45) is 0 Å². The second kappa shape index (κ2) is 4.11. The third kappa shape index (κ3) is 2.42. The van der Waals surface area contributed by atoms with Gasteiger partial charge in [0.15, 0.2) is 5.13 Å². The average molecular weight is 228 g/mol. The summed E-state index contributed by atoms with van der Waals surface area (Å²) in [6.45, 7) is 5.48. The molecule has 0 bridgehead atoms. The van der Waals surface area contributed by atoms with Gasteiger partial charge >= 0.3 is 0 Å². The number of anilines is 1. The first kappa shape index (κ1) is 10.3. The zero-order valence-corrected chi connectivity index (χ0v) is 10.3. The van der Waals surface area contributed by atoms with Crippen LogP contribution in [0.1, 0.15) is 24.6 Å². The molecular weight excluding hydrogens is 212 g/mol. The van der Waals surface area contributed by atoms with E-state index in [0.717, 1.165) is 11.7 Å². The predicted octanol–water partition coefficient (Wildman–Crippen LogP) is 3.15. The Bertz CT molecular complexity index is 303. The molecule has 0 saturated carbocycles. The van der Waals surface area contributed by atoms with Crippen molar-refractivity contribution in [3.8, 4) is 0 Å². The Hall–Kier alpha value is -0.220. The van der Waals surface area contributed by atoms with Gasteiger partial charge in [0.25, 0.3) is 0 Å². The minimum Gasteiger partial charge on any atom is -0.360 e. The van der Waals surface area contributed by atoms with Crippen LogP contribution in [-0.4, -0.2) is 22.0 Å². The summed E-state index contributed by atoms with van der Waals surface area (Å²) in [7, 11) is 0. The molecule has 1 atom stereocenters. The van der Waals surface area contributed by atoms with Crippen LogP contribution in [0.5, 0.6) is 0 Å². The molecule has 14 heavy (non-hydrogen) atoms. The van der Waals surface area contributed by atoms with E-state index in [-0.39, 0.29) is 0 Å². The lowest BCUT2D eigenvalue weighted by atomic mass is 10.1. The smallest absolute Gasteiger partial charge is 0.182 e. The Balaban J connectivity index is 1.87. The first-order valence-corrected chi connectivity index (χ1v) is 6.78. The van der Waals surface area contributed by atoms with Crippen molar-refractivity contribution in [1.29, 1.82) is 0 Å². The number of hydrogen-bond donors (Lipinski definition) is 1. The van der Waals surface area contributed by atoms with Gasteiger partial charge in [0.2, 0.25) is 0 Å². The normalized spacial score (nSPS) is 26.7. The van der Waals surface area contributed by atoms with Crippen LogP contribution in [0.25, 0.3) is 0 Å². The first-order chi connectivity index (χ1) is 6.68. The van der Waals surface area contributed by atoms with Crippen LogP contribution in [0.4, 0.5) is 5.13 Å². The quantitative estimate of drug-likeness (QED) is 0.860. The highest BCUT2D eigenvalue weighted by Gasteiger charge is 2.29. The molecule has 0 amide bonds. The fraction of sp³-hybridized carbons (Fsp3) is 0.700. The van der Waals surface area contributed by atoms with Gasteiger partial charge in [-0.15, -0.1) is 11.3 Å². The van der Waals surface area contributed by atoms with E-state index in [1.54, 1.807) is 11.3 Å². The lowest BCUT2D eigenvalue weighted by molar-refractivity contribution is 0.634. The van der Waals surface area contributed by atoms with Gasteiger partial charge in [0.1, 0.15) is 0 Å². The van der Waals surface area contributed by atoms with Gasteiger partial charge in [-0.25, -0.2) is 4.98 Å². The maximum Gasteiger partial charge on any atom is 0.182 e. The van der Waals surface area contributed by atoms with Crippen molar-refractivity contribution in [3.63, 3.8) is 0 Å². The van der Waals surface area contributed by atoms with E-state index in [2.05, 4.69) is 35.9 Å². The van der Waals surface area contributed by atoms with Crippen LogP contribution >= 0.6 is 23.1 Å².